The van der Waals surface area contributed by atoms with Crippen molar-refractivity contribution < 1.29 is 14.6 Å². The summed E-state index contributed by atoms with van der Waals surface area (Å²) in [5.74, 6) is -0.0334. The summed E-state index contributed by atoms with van der Waals surface area (Å²) < 4.78 is 5.50. The van der Waals surface area contributed by atoms with Crippen LogP contribution >= 0.6 is 0 Å². The maximum absolute atomic E-state index is 11.6. The number of rotatable bonds is 5. The Bertz CT molecular complexity index is 679. The number of aromatic nitrogens is 2. The van der Waals surface area contributed by atoms with Gasteiger partial charge in [0.1, 0.15) is 18.2 Å². The lowest BCUT2D eigenvalue weighted by Crippen LogP contribution is -2.19. The van der Waals surface area contributed by atoms with Crippen LogP contribution < -0.4 is 10.3 Å². The molecule has 1 heterocycles. The van der Waals surface area contributed by atoms with Crippen molar-refractivity contribution in [3.63, 3.8) is 0 Å². The van der Waals surface area contributed by atoms with Crippen LogP contribution in [0.1, 0.15) is 17.0 Å². The number of carboxylic acids is 1. The first-order chi connectivity index (χ1) is 9.54. The SMILES string of the molecule is Cc1cccc(OCc2ncc(CC(=O)O)c(=O)[nH]2)c1. The molecule has 6 heteroatoms. The predicted octanol–water partition coefficient (Wildman–Crippen LogP) is 1.28. The summed E-state index contributed by atoms with van der Waals surface area (Å²) in [6.45, 7) is 2.07. The van der Waals surface area contributed by atoms with E-state index in [2.05, 4.69) is 9.97 Å². The van der Waals surface area contributed by atoms with Gasteiger partial charge in [0.15, 0.2) is 0 Å². The Balaban J connectivity index is 2.05. The zero-order chi connectivity index (χ0) is 14.5. The number of nitrogens with zero attached hydrogens (tertiary/aromatic N) is 1. The molecule has 0 atom stereocenters. The van der Waals surface area contributed by atoms with Gasteiger partial charge in [-0.15, -0.1) is 0 Å². The topological polar surface area (TPSA) is 92.3 Å². The Morgan fingerprint density at radius 3 is 2.90 bits per heavy atom. The molecule has 0 saturated carbocycles. The van der Waals surface area contributed by atoms with Crippen LogP contribution in [0.25, 0.3) is 0 Å². The number of carboxylic acid groups (broad SMARTS) is 1. The number of hydrogen-bond acceptors (Lipinski definition) is 4. The number of H-pyrrole nitrogens is 1. The molecule has 0 spiro atoms. The fourth-order valence-corrected chi connectivity index (χ4v) is 1.68. The molecule has 2 rings (SSSR count). The van der Waals surface area contributed by atoms with Gasteiger partial charge in [-0.1, -0.05) is 12.1 Å². The van der Waals surface area contributed by atoms with Crippen LogP contribution in [0.3, 0.4) is 0 Å². The quantitative estimate of drug-likeness (QED) is 0.857. The van der Waals surface area contributed by atoms with E-state index in [0.29, 0.717) is 11.6 Å². The van der Waals surface area contributed by atoms with Crippen LogP contribution in [-0.4, -0.2) is 21.0 Å². The third-order valence-electron chi connectivity index (χ3n) is 2.63. The van der Waals surface area contributed by atoms with Gasteiger partial charge < -0.3 is 14.8 Å². The van der Waals surface area contributed by atoms with E-state index >= 15 is 0 Å². The molecular weight excluding hydrogens is 260 g/mol. The molecule has 0 aliphatic carbocycles. The molecule has 104 valence electrons. The Kier molecular flexibility index (Phi) is 4.14. The van der Waals surface area contributed by atoms with Crippen molar-refractivity contribution in [1.82, 2.24) is 9.97 Å². The van der Waals surface area contributed by atoms with Crippen LogP contribution in [0, 0.1) is 6.92 Å². The highest BCUT2D eigenvalue weighted by Crippen LogP contribution is 2.13. The molecule has 0 radical (unpaired) electrons. The number of hydrogen-bond donors (Lipinski definition) is 2. The van der Waals surface area contributed by atoms with Gasteiger partial charge in [0, 0.05) is 11.8 Å². The predicted molar refractivity (Wildman–Crippen MR) is 71.7 cm³/mol. The van der Waals surface area contributed by atoms with Crippen molar-refractivity contribution in [3.05, 3.63) is 57.8 Å². The third-order valence-corrected chi connectivity index (χ3v) is 2.63. The highest BCUT2D eigenvalue weighted by atomic mass is 16.5. The molecule has 0 amide bonds. The molecule has 0 unspecified atom stereocenters. The Labute approximate surface area is 115 Å². The maximum Gasteiger partial charge on any atom is 0.308 e. The van der Waals surface area contributed by atoms with Gasteiger partial charge in [-0.25, -0.2) is 4.98 Å². The largest absolute Gasteiger partial charge is 0.486 e. The van der Waals surface area contributed by atoms with Crippen LogP contribution in [0.2, 0.25) is 0 Å². The van der Waals surface area contributed by atoms with E-state index in [0.717, 1.165) is 5.56 Å². The van der Waals surface area contributed by atoms with E-state index in [1.165, 1.54) is 6.20 Å². The zero-order valence-corrected chi connectivity index (χ0v) is 10.9. The number of carbonyl (C=O) groups is 1. The summed E-state index contributed by atoms with van der Waals surface area (Å²) in [7, 11) is 0. The van der Waals surface area contributed by atoms with E-state index in [1.807, 2.05) is 31.2 Å². The normalized spacial score (nSPS) is 10.2. The maximum atomic E-state index is 11.6. The Morgan fingerprint density at radius 2 is 2.25 bits per heavy atom. The number of aromatic amines is 1. The van der Waals surface area contributed by atoms with Gasteiger partial charge in [-0.2, -0.15) is 0 Å². The van der Waals surface area contributed by atoms with E-state index in [9.17, 15) is 9.59 Å². The van der Waals surface area contributed by atoms with Crippen LogP contribution in [-0.2, 0) is 17.8 Å². The number of benzene rings is 1. The first kappa shape index (κ1) is 13.8. The molecule has 0 bridgehead atoms. The minimum absolute atomic E-state index is 0.117. The average Bonchev–Trinajstić information content (AvgIpc) is 2.39. The standard InChI is InChI=1S/C14H14N2O4/c1-9-3-2-4-11(5-9)20-8-12-15-7-10(6-13(17)18)14(19)16-12/h2-5,7H,6,8H2,1H3,(H,17,18)(H,15,16,19). The van der Waals surface area contributed by atoms with Crippen LogP contribution in [0.5, 0.6) is 5.75 Å². The molecule has 2 aromatic rings. The average molecular weight is 274 g/mol. The van der Waals surface area contributed by atoms with E-state index < -0.39 is 11.5 Å². The summed E-state index contributed by atoms with van der Waals surface area (Å²) in [6, 6.07) is 7.51. The second-order valence-electron chi connectivity index (χ2n) is 4.36. The summed E-state index contributed by atoms with van der Waals surface area (Å²) in [5, 5.41) is 8.63. The molecule has 0 fully saturated rings. The van der Waals surface area contributed by atoms with Gasteiger partial charge in [-0.05, 0) is 24.6 Å². The molecule has 20 heavy (non-hydrogen) atoms. The van der Waals surface area contributed by atoms with Crippen molar-refractivity contribution in [3.8, 4) is 5.75 Å². The van der Waals surface area contributed by atoms with Crippen molar-refractivity contribution >= 4 is 5.97 Å². The molecule has 6 nitrogen and oxygen atoms in total. The number of aliphatic carboxylic acids is 1. The molecular formula is C14H14N2O4. The summed E-state index contributed by atoms with van der Waals surface area (Å²) >= 11 is 0. The van der Waals surface area contributed by atoms with Crippen molar-refractivity contribution in [2.24, 2.45) is 0 Å². The number of aryl methyl sites for hydroxylation is 1. The molecule has 0 aliphatic rings. The molecule has 0 aliphatic heterocycles. The van der Waals surface area contributed by atoms with E-state index in [1.54, 1.807) is 0 Å². The van der Waals surface area contributed by atoms with Crippen molar-refractivity contribution in [2.45, 2.75) is 20.0 Å². The van der Waals surface area contributed by atoms with Crippen LogP contribution in [0.4, 0.5) is 0 Å². The highest BCUT2D eigenvalue weighted by Gasteiger charge is 2.07. The van der Waals surface area contributed by atoms with Crippen molar-refractivity contribution in [1.29, 1.82) is 0 Å². The minimum Gasteiger partial charge on any atom is -0.486 e. The smallest absolute Gasteiger partial charge is 0.308 e. The summed E-state index contributed by atoms with van der Waals surface area (Å²) in [4.78, 5) is 28.7. The fraction of sp³-hybridized carbons (Fsp3) is 0.214. The van der Waals surface area contributed by atoms with Gasteiger partial charge in [0.05, 0.1) is 6.42 Å². The molecule has 1 aromatic heterocycles. The van der Waals surface area contributed by atoms with E-state index in [-0.39, 0.29) is 18.6 Å². The lowest BCUT2D eigenvalue weighted by molar-refractivity contribution is -0.136. The first-order valence-corrected chi connectivity index (χ1v) is 6.03. The minimum atomic E-state index is -1.07. The lowest BCUT2D eigenvalue weighted by Gasteiger charge is -2.06. The monoisotopic (exact) mass is 274 g/mol. The van der Waals surface area contributed by atoms with Gasteiger partial charge in [-0.3, -0.25) is 9.59 Å². The van der Waals surface area contributed by atoms with Gasteiger partial charge in [0.2, 0.25) is 0 Å². The lowest BCUT2D eigenvalue weighted by atomic mass is 10.2. The van der Waals surface area contributed by atoms with Gasteiger partial charge >= 0.3 is 5.97 Å². The Morgan fingerprint density at radius 1 is 1.45 bits per heavy atom. The summed E-state index contributed by atoms with van der Waals surface area (Å²) in [6.07, 6.45) is 0.920. The van der Waals surface area contributed by atoms with E-state index in [4.69, 9.17) is 9.84 Å². The second-order valence-corrected chi connectivity index (χ2v) is 4.36. The number of ether oxygens (including phenoxy) is 1. The van der Waals surface area contributed by atoms with Gasteiger partial charge in [0.25, 0.3) is 5.56 Å². The fourth-order valence-electron chi connectivity index (χ4n) is 1.68. The first-order valence-electron chi connectivity index (χ1n) is 6.03. The summed E-state index contributed by atoms with van der Waals surface area (Å²) in [5.41, 5.74) is 0.739. The highest BCUT2D eigenvalue weighted by molar-refractivity contribution is 5.69. The Hall–Kier alpha value is -2.63. The van der Waals surface area contributed by atoms with Crippen molar-refractivity contribution in [2.75, 3.05) is 0 Å². The van der Waals surface area contributed by atoms with Crippen LogP contribution in [0.15, 0.2) is 35.3 Å². The third kappa shape index (κ3) is 3.68. The number of nitrogens with one attached hydrogen (secondary N) is 1. The second kappa shape index (κ2) is 6.01. The zero-order valence-electron chi connectivity index (χ0n) is 10.9. The molecule has 1 aromatic carbocycles. The molecule has 0 saturated heterocycles. The molecule has 2 N–H and O–H groups in total.